The van der Waals surface area contributed by atoms with Gasteiger partial charge in [-0.1, -0.05) is 18.2 Å². The highest BCUT2D eigenvalue weighted by Crippen LogP contribution is 2.34. The number of non-ortho nitro benzene ring substituents is 1. The van der Waals surface area contributed by atoms with Gasteiger partial charge in [-0.3, -0.25) is 19.7 Å². The second kappa shape index (κ2) is 10.3. The molecule has 2 aromatic carbocycles. The van der Waals surface area contributed by atoms with E-state index in [9.17, 15) is 19.7 Å². The molecule has 0 saturated carbocycles. The summed E-state index contributed by atoms with van der Waals surface area (Å²) in [5.74, 6) is 0.801. The van der Waals surface area contributed by atoms with Crippen LogP contribution in [0.15, 0.2) is 60.0 Å². The molecule has 0 spiro atoms. The molecule has 4 rings (SSSR count). The molecular formula is C24H23N3O6S. The van der Waals surface area contributed by atoms with Crippen LogP contribution in [0.4, 0.5) is 5.69 Å². The number of piperazine rings is 1. The summed E-state index contributed by atoms with van der Waals surface area (Å²) < 4.78 is 11.0. The number of hydrogen-bond donors (Lipinski definition) is 0. The SMILES string of the molecule is COc1ccc(-c2cc([N+](=O)[O-])ccc2OCC(=O)N2CCN(C(=O)c3cccs3)CC2)cc1. The highest BCUT2D eigenvalue weighted by atomic mass is 32.1. The summed E-state index contributed by atoms with van der Waals surface area (Å²) in [6, 6.07) is 15.0. The Kier molecular flexibility index (Phi) is 7.07. The number of nitrogens with zero attached hydrogens (tertiary/aromatic N) is 3. The van der Waals surface area contributed by atoms with Gasteiger partial charge in [0.05, 0.1) is 16.9 Å². The van der Waals surface area contributed by atoms with Gasteiger partial charge in [0.2, 0.25) is 0 Å². The number of rotatable bonds is 7. The molecule has 34 heavy (non-hydrogen) atoms. The summed E-state index contributed by atoms with van der Waals surface area (Å²) in [6.45, 7) is 1.55. The molecule has 1 fully saturated rings. The van der Waals surface area contributed by atoms with Crippen molar-refractivity contribution in [2.45, 2.75) is 0 Å². The predicted molar refractivity (Wildman–Crippen MR) is 127 cm³/mol. The molecule has 1 aliphatic heterocycles. The molecule has 0 radical (unpaired) electrons. The summed E-state index contributed by atoms with van der Waals surface area (Å²) >= 11 is 1.40. The van der Waals surface area contributed by atoms with E-state index in [4.69, 9.17) is 9.47 Å². The first-order valence-electron chi connectivity index (χ1n) is 10.6. The van der Waals surface area contributed by atoms with Crippen LogP contribution in [0, 0.1) is 10.1 Å². The maximum atomic E-state index is 12.8. The highest BCUT2D eigenvalue weighted by Gasteiger charge is 2.26. The zero-order chi connectivity index (χ0) is 24.1. The van der Waals surface area contributed by atoms with Crippen LogP contribution in [0.2, 0.25) is 0 Å². The molecule has 0 aliphatic carbocycles. The molecule has 1 aliphatic rings. The number of thiophene rings is 1. The molecule has 1 aromatic heterocycles. The molecule has 0 atom stereocenters. The number of nitro benzene ring substituents is 1. The summed E-state index contributed by atoms with van der Waals surface area (Å²) in [7, 11) is 1.56. The van der Waals surface area contributed by atoms with Crippen LogP contribution in [0.3, 0.4) is 0 Å². The zero-order valence-electron chi connectivity index (χ0n) is 18.5. The van der Waals surface area contributed by atoms with Crippen molar-refractivity contribution in [1.29, 1.82) is 0 Å². The van der Waals surface area contributed by atoms with Gasteiger partial charge in [-0.15, -0.1) is 11.3 Å². The fourth-order valence-corrected chi connectivity index (χ4v) is 4.39. The minimum Gasteiger partial charge on any atom is -0.497 e. The maximum absolute atomic E-state index is 12.8. The number of nitro groups is 1. The van der Waals surface area contributed by atoms with Crippen LogP contribution < -0.4 is 9.47 Å². The van der Waals surface area contributed by atoms with Crippen LogP contribution in [0.1, 0.15) is 9.67 Å². The largest absolute Gasteiger partial charge is 0.497 e. The monoisotopic (exact) mass is 481 g/mol. The van der Waals surface area contributed by atoms with Crippen molar-refractivity contribution in [2.75, 3.05) is 39.9 Å². The van der Waals surface area contributed by atoms with E-state index in [0.717, 1.165) is 0 Å². The van der Waals surface area contributed by atoms with Gasteiger partial charge >= 0.3 is 0 Å². The van der Waals surface area contributed by atoms with Crippen LogP contribution in [0.5, 0.6) is 11.5 Å². The van der Waals surface area contributed by atoms with Crippen molar-refractivity contribution in [1.82, 2.24) is 9.80 Å². The Labute approximate surface area is 200 Å². The fourth-order valence-electron chi connectivity index (χ4n) is 3.70. The normalized spacial score (nSPS) is 13.4. The average Bonchev–Trinajstić information content (AvgIpc) is 3.42. The fraction of sp³-hybridized carbons (Fsp3) is 0.250. The zero-order valence-corrected chi connectivity index (χ0v) is 19.3. The summed E-state index contributed by atoms with van der Waals surface area (Å²) in [4.78, 5) is 40.1. The first-order chi connectivity index (χ1) is 16.5. The van der Waals surface area contributed by atoms with Crippen molar-refractivity contribution >= 4 is 28.8 Å². The van der Waals surface area contributed by atoms with Gasteiger partial charge in [0.15, 0.2) is 6.61 Å². The minimum atomic E-state index is -0.473. The Balaban J connectivity index is 1.41. The number of ether oxygens (including phenoxy) is 2. The predicted octanol–water partition coefficient (Wildman–Crippen LogP) is 3.70. The smallest absolute Gasteiger partial charge is 0.270 e. The Morgan fingerprint density at radius 2 is 1.74 bits per heavy atom. The van der Waals surface area contributed by atoms with E-state index in [-0.39, 0.29) is 24.1 Å². The van der Waals surface area contributed by atoms with Crippen LogP contribution in [0.25, 0.3) is 11.1 Å². The van der Waals surface area contributed by atoms with Gasteiger partial charge in [-0.2, -0.15) is 0 Å². The van der Waals surface area contributed by atoms with Gasteiger partial charge < -0.3 is 19.3 Å². The highest BCUT2D eigenvalue weighted by molar-refractivity contribution is 7.12. The Morgan fingerprint density at radius 3 is 2.35 bits per heavy atom. The van der Waals surface area contributed by atoms with Gasteiger partial charge in [0, 0.05) is 43.9 Å². The van der Waals surface area contributed by atoms with Gasteiger partial charge in [0.25, 0.3) is 17.5 Å². The van der Waals surface area contributed by atoms with E-state index < -0.39 is 4.92 Å². The van der Waals surface area contributed by atoms with Gasteiger partial charge in [0.1, 0.15) is 11.5 Å². The molecule has 2 heterocycles. The van der Waals surface area contributed by atoms with Crippen molar-refractivity contribution < 1.29 is 24.0 Å². The third-order valence-corrected chi connectivity index (χ3v) is 6.44. The third kappa shape index (κ3) is 5.18. The van der Waals surface area contributed by atoms with Crippen LogP contribution >= 0.6 is 11.3 Å². The molecule has 3 aromatic rings. The van der Waals surface area contributed by atoms with E-state index in [1.807, 2.05) is 11.4 Å². The van der Waals surface area contributed by atoms with E-state index in [0.29, 0.717) is 53.7 Å². The number of amides is 2. The lowest BCUT2D eigenvalue weighted by Crippen LogP contribution is -2.51. The summed E-state index contributed by atoms with van der Waals surface area (Å²) in [5.41, 5.74) is 1.14. The molecule has 9 nitrogen and oxygen atoms in total. The average molecular weight is 482 g/mol. The van der Waals surface area contributed by atoms with Crippen molar-refractivity contribution in [2.24, 2.45) is 0 Å². The van der Waals surface area contributed by atoms with Crippen molar-refractivity contribution in [3.63, 3.8) is 0 Å². The molecular weight excluding hydrogens is 458 g/mol. The standard InChI is InChI=1S/C24H23N3O6S/c1-32-19-7-4-17(5-8-19)20-15-18(27(30)31)6-9-21(20)33-16-23(28)25-10-12-26(13-11-25)24(29)22-3-2-14-34-22/h2-9,14-15H,10-13,16H2,1H3. The Bertz CT molecular complexity index is 1170. The Morgan fingerprint density at radius 1 is 1.03 bits per heavy atom. The first kappa shape index (κ1) is 23.2. The van der Waals surface area contributed by atoms with Crippen LogP contribution in [-0.2, 0) is 4.79 Å². The van der Waals surface area contributed by atoms with E-state index in [1.54, 1.807) is 47.2 Å². The molecule has 0 N–H and O–H groups in total. The number of benzene rings is 2. The lowest BCUT2D eigenvalue weighted by Gasteiger charge is -2.34. The van der Waals surface area contributed by atoms with E-state index >= 15 is 0 Å². The number of carbonyl (C=O) groups excluding carboxylic acids is 2. The minimum absolute atomic E-state index is 0.0200. The van der Waals surface area contributed by atoms with Crippen LogP contribution in [-0.4, -0.2) is 66.4 Å². The lowest BCUT2D eigenvalue weighted by atomic mass is 10.0. The third-order valence-electron chi connectivity index (χ3n) is 5.58. The number of carbonyl (C=O) groups is 2. The van der Waals surface area contributed by atoms with E-state index in [2.05, 4.69) is 0 Å². The first-order valence-corrected chi connectivity index (χ1v) is 11.5. The molecule has 0 unspecified atom stereocenters. The Hall–Kier alpha value is -3.92. The number of hydrogen-bond acceptors (Lipinski definition) is 7. The molecule has 176 valence electrons. The summed E-state index contributed by atoms with van der Waals surface area (Å²) in [6.07, 6.45) is 0. The van der Waals surface area contributed by atoms with E-state index in [1.165, 1.54) is 29.5 Å². The van der Waals surface area contributed by atoms with Crippen molar-refractivity contribution in [3.05, 3.63) is 75.0 Å². The van der Waals surface area contributed by atoms with Gasteiger partial charge in [-0.05, 0) is 35.2 Å². The molecule has 0 bridgehead atoms. The second-order valence-electron chi connectivity index (χ2n) is 7.61. The van der Waals surface area contributed by atoms with Crippen molar-refractivity contribution in [3.8, 4) is 22.6 Å². The lowest BCUT2D eigenvalue weighted by molar-refractivity contribution is -0.384. The number of methoxy groups -OCH3 is 1. The second-order valence-corrected chi connectivity index (χ2v) is 8.55. The topological polar surface area (TPSA) is 102 Å². The molecule has 10 heteroatoms. The molecule has 1 saturated heterocycles. The summed E-state index contributed by atoms with van der Waals surface area (Å²) in [5, 5.41) is 13.1. The molecule has 2 amide bonds. The maximum Gasteiger partial charge on any atom is 0.270 e. The quantitative estimate of drug-likeness (QED) is 0.377. The van der Waals surface area contributed by atoms with Gasteiger partial charge in [-0.25, -0.2) is 0 Å².